The van der Waals surface area contributed by atoms with E-state index in [1.165, 1.54) is 0 Å². The first-order valence-electron chi connectivity index (χ1n) is 4.58. The number of halogens is 4. The summed E-state index contributed by atoms with van der Waals surface area (Å²) < 4.78 is 50.1. The maximum Gasteiger partial charge on any atom is 0.416 e. The zero-order valence-electron chi connectivity index (χ0n) is 8.71. The van der Waals surface area contributed by atoms with E-state index >= 15 is 0 Å². The highest BCUT2D eigenvalue weighted by molar-refractivity contribution is 5.96. The summed E-state index contributed by atoms with van der Waals surface area (Å²) in [6.45, 7) is -0.811. The number of alkyl halides is 3. The molecule has 4 nitrogen and oxygen atoms in total. The molecule has 0 aliphatic carbocycles. The highest BCUT2D eigenvalue weighted by Gasteiger charge is 2.31. The van der Waals surface area contributed by atoms with Crippen LogP contribution in [0.4, 0.5) is 17.6 Å². The van der Waals surface area contributed by atoms with Crippen molar-refractivity contribution in [3.63, 3.8) is 0 Å². The fourth-order valence-electron chi connectivity index (χ4n) is 1.13. The molecule has 0 aromatic heterocycles. The first-order chi connectivity index (χ1) is 8.21. The van der Waals surface area contributed by atoms with Crippen molar-refractivity contribution in [3.05, 3.63) is 35.1 Å². The van der Waals surface area contributed by atoms with Gasteiger partial charge in [-0.15, -0.1) is 0 Å². The molecule has 2 N–H and O–H groups in total. The Labute approximate surface area is 98.2 Å². The highest BCUT2D eigenvalue weighted by Crippen LogP contribution is 2.30. The predicted octanol–water partition coefficient (Wildman–Crippen LogP) is 1.66. The number of aliphatic carboxylic acids is 1. The first-order valence-corrected chi connectivity index (χ1v) is 4.58. The monoisotopic (exact) mass is 265 g/mol. The average molecular weight is 265 g/mol. The van der Waals surface area contributed by atoms with Crippen molar-refractivity contribution in [2.24, 2.45) is 0 Å². The molecule has 8 heteroatoms. The molecule has 1 rings (SSSR count). The van der Waals surface area contributed by atoms with E-state index in [1.54, 1.807) is 5.32 Å². The minimum absolute atomic E-state index is 0.326. The van der Waals surface area contributed by atoms with Gasteiger partial charge < -0.3 is 10.4 Å². The number of carboxylic acid groups (broad SMARTS) is 1. The normalized spacial score (nSPS) is 11.1. The van der Waals surface area contributed by atoms with E-state index in [-0.39, 0.29) is 0 Å². The molecule has 0 unspecified atom stereocenters. The first kappa shape index (κ1) is 13.9. The van der Waals surface area contributed by atoms with E-state index in [2.05, 4.69) is 0 Å². The van der Waals surface area contributed by atoms with Gasteiger partial charge in [0, 0.05) is 0 Å². The van der Waals surface area contributed by atoms with Gasteiger partial charge in [0.05, 0.1) is 11.1 Å². The molecule has 0 heterocycles. The minimum Gasteiger partial charge on any atom is -0.480 e. The molecule has 0 atom stereocenters. The number of rotatable bonds is 3. The van der Waals surface area contributed by atoms with Crippen LogP contribution in [0.3, 0.4) is 0 Å². The van der Waals surface area contributed by atoms with Gasteiger partial charge in [-0.3, -0.25) is 9.59 Å². The third-order valence-electron chi connectivity index (χ3n) is 1.94. The third-order valence-corrected chi connectivity index (χ3v) is 1.94. The van der Waals surface area contributed by atoms with E-state index in [0.717, 1.165) is 0 Å². The molecule has 0 radical (unpaired) electrons. The average Bonchev–Trinajstić information content (AvgIpc) is 2.24. The van der Waals surface area contributed by atoms with Crippen LogP contribution < -0.4 is 5.32 Å². The molecule has 0 fully saturated rings. The fourth-order valence-corrected chi connectivity index (χ4v) is 1.13. The van der Waals surface area contributed by atoms with Crippen LogP contribution in [0, 0.1) is 5.82 Å². The Morgan fingerprint density at radius 1 is 1.28 bits per heavy atom. The number of nitrogens with one attached hydrogen (secondary N) is 1. The molecule has 1 amide bonds. The molecule has 0 spiro atoms. The van der Waals surface area contributed by atoms with Crippen LogP contribution in [-0.2, 0) is 11.0 Å². The second-order valence-electron chi connectivity index (χ2n) is 3.27. The largest absolute Gasteiger partial charge is 0.480 e. The highest BCUT2D eigenvalue weighted by atomic mass is 19.4. The van der Waals surface area contributed by atoms with Crippen molar-refractivity contribution in [2.45, 2.75) is 6.18 Å². The Kier molecular flexibility index (Phi) is 3.89. The number of amides is 1. The number of carboxylic acids is 1. The Hall–Kier alpha value is -2.12. The topological polar surface area (TPSA) is 66.4 Å². The van der Waals surface area contributed by atoms with E-state index in [4.69, 9.17) is 5.11 Å². The van der Waals surface area contributed by atoms with Gasteiger partial charge in [0.1, 0.15) is 12.4 Å². The van der Waals surface area contributed by atoms with Gasteiger partial charge >= 0.3 is 12.1 Å². The quantitative estimate of drug-likeness (QED) is 0.817. The van der Waals surface area contributed by atoms with Crippen LogP contribution in [0.2, 0.25) is 0 Å². The van der Waals surface area contributed by atoms with Crippen molar-refractivity contribution < 1.29 is 32.3 Å². The molecular weight excluding hydrogens is 258 g/mol. The van der Waals surface area contributed by atoms with E-state index < -0.39 is 41.5 Å². The van der Waals surface area contributed by atoms with Crippen LogP contribution in [-0.4, -0.2) is 23.5 Å². The second-order valence-corrected chi connectivity index (χ2v) is 3.27. The molecule has 1 aromatic rings. The van der Waals surface area contributed by atoms with Gasteiger partial charge in [0.15, 0.2) is 0 Å². The predicted molar refractivity (Wildman–Crippen MR) is 51.4 cm³/mol. The standard InChI is InChI=1S/C10H7F4NO3/c11-7-2-1-5(10(12,13)14)3-6(7)9(18)15-4-8(16)17/h1-3H,4H2,(H,15,18)(H,16,17). The van der Waals surface area contributed by atoms with Crippen molar-refractivity contribution >= 4 is 11.9 Å². The number of carbonyl (C=O) groups excluding carboxylic acids is 1. The minimum atomic E-state index is -4.71. The van der Waals surface area contributed by atoms with E-state index in [1.807, 2.05) is 0 Å². The Morgan fingerprint density at radius 3 is 2.39 bits per heavy atom. The fraction of sp³-hybridized carbons (Fsp3) is 0.200. The summed E-state index contributed by atoms with van der Waals surface area (Å²) in [5.74, 6) is -3.78. The molecule has 0 saturated heterocycles. The summed E-state index contributed by atoms with van der Waals surface area (Å²) in [4.78, 5) is 21.4. The van der Waals surface area contributed by atoms with Gasteiger partial charge in [-0.2, -0.15) is 13.2 Å². The number of hydrogen-bond acceptors (Lipinski definition) is 2. The summed E-state index contributed by atoms with van der Waals surface area (Å²) in [7, 11) is 0. The number of carbonyl (C=O) groups is 2. The summed E-state index contributed by atoms with van der Waals surface area (Å²) in [5, 5.41) is 10.0. The van der Waals surface area contributed by atoms with E-state index in [9.17, 15) is 27.2 Å². The van der Waals surface area contributed by atoms with Gasteiger partial charge in [0.2, 0.25) is 0 Å². The molecule has 0 saturated carbocycles. The zero-order valence-corrected chi connectivity index (χ0v) is 8.71. The van der Waals surface area contributed by atoms with Gasteiger partial charge in [-0.25, -0.2) is 4.39 Å². The molecule has 0 aliphatic heterocycles. The van der Waals surface area contributed by atoms with Gasteiger partial charge in [0.25, 0.3) is 5.91 Å². The van der Waals surface area contributed by atoms with Crippen LogP contribution in [0.15, 0.2) is 18.2 Å². The molecule has 98 valence electrons. The molecule has 0 aliphatic rings. The molecule has 18 heavy (non-hydrogen) atoms. The van der Waals surface area contributed by atoms with Crippen LogP contribution >= 0.6 is 0 Å². The lowest BCUT2D eigenvalue weighted by molar-refractivity contribution is -0.138. The second kappa shape index (κ2) is 5.03. The maximum absolute atomic E-state index is 13.2. The SMILES string of the molecule is O=C(O)CNC(=O)c1cc(C(F)(F)F)ccc1F. The lowest BCUT2D eigenvalue weighted by Gasteiger charge is -2.09. The Bertz CT molecular complexity index is 485. The van der Waals surface area contributed by atoms with Crippen molar-refractivity contribution in [1.29, 1.82) is 0 Å². The molecule has 1 aromatic carbocycles. The van der Waals surface area contributed by atoms with E-state index in [0.29, 0.717) is 18.2 Å². The zero-order chi connectivity index (χ0) is 13.9. The summed E-state index contributed by atoms with van der Waals surface area (Å²) in [6.07, 6.45) is -4.71. The van der Waals surface area contributed by atoms with Crippen molar-refractivity contribution in [2.75, 3.05) is 6.54 Å². The maximum atomic E-state index is 13.2. The molecular formula is C10H7F4NO3. The molecule has 0 bridgehead atoms. The van der Waals surface area contributed by atoms with Crippen LogP contribution in [0.1, 0.15) is 15.9 Å². The van der Waals surface area contributed by atoms with Gasteiger partial charge in [-0.1, -0.05) is 0 Å². The lowest BCUT2D eigenvalue weighted by atomic mass is 10.1. The number of hydrogen-bond donors (Lipinski definition) is 2. The third kappa shape index (κ3) is 3.44. The van der Waals surface area contributed by atoms with Crippen LogP contribution in [0.5, 0.6) is 0 Å². The number of benzene rings is 1. The lowest BCUT2D eigenvalue weighted by Crippen LogP contribution is -2.30. The Balaban J connectivity index is 3.01. The van der Waals surface area contributed by atoms with Crippen molar-refractivity contribution in [3.8, 4) is 0 Å². The van der Waals surface area contributed by atoms with Crippen molar-refractivity contribution in [1.82, 2.24) is 5.32 Å². The van der Waals surface area contributed by atoms with Crippen LogP contribution in [0.25, 0.3) is 0 Å². The summed E-state index contributed by atoms with van der Waals surface area (Å²) in [5.41, 5.74) is -2.05. The smallest absolute Gasteiger partial charge is 0.416 e. The van der Waals surface area contributed by atoms with Gasteiger partial charge in [-0.05, 0) is 18.2 Å². The summed E-state index contributed by atoms with van der Waals surface area (Å²) in [6, 6.07) is 1.31. The Morgan fingerprint density at radius 2 is 1.89 bits per heavy atom. The summed E-state index contributed by atoms with van der Waals surface area (Å²) >= 11 is 0.